The number of carbonyl (C=O) groups excluding carboxylic acids is 1. The largest absolute Gasteiger partial charge is 0.593 e. The number of fused-ring (bicyclic) bond motifs is 1. The SMILES string of the molecule is CC(C)(C1C=CN(C(=O)c2cc3ccccc3nc2C(F)(F)F)CC1)[N+]([O-])(O)c1cccc(C(F)(F)F)c1. The summed E-state index contributed by atoms with van der Waals surface area (Å²) in [7, 11) is 0. The number of carbonyl (C=O) groups is 1. The molecule has 202 valence electrons. The predicted molar refractivity (Wildman–Crippen MR) is 127 cm³/mol. The van der Waals surface area contributed by atoms with Crippen LogP contribution < -0.4 is 4.81 Å². The predicted octanol–water partition coefficient (Wildman–Crippen LogP) is 6.92. The zero-order valence-electron chi connectivity index (χ0n) is 20.2. The molecule has 0 fully saturated rings. The molecule has 2 atom stereocenters. The molecule has 1 aromatic heterocycles. The number of para-hydroxylation sites is 1. The Labute approximate surface area is 213 Å². The van der Waals surface area contributed by atoms with Gasteiger partial charge in [-0.3, -0.25) is 4.79 Å². The van der Waals surface area contributed by atoms with Crippen LogP contribution in [0.25, 0.3) is 10.9 Å². The summed E-state index contributed by atoms with van der Waals surface area (Å²) in [6, 6.07) is 10.6. The van der Waals surface area contributed by atoms with Gasteiger partial charge in [0.05, 0.1) is 16.6 Å². The summed E-state index contributed by atoms with van der Waals surface area (Å²) in [6.07, 6.45) is -6.95. The van der Waals surface area contributed by atoms with E-state index in [4.69, 9.17) is 0 Å². The Morgan fingerprint density at radius 1 is 1.03 bits per heavy atom. The normalized spacial score (nSPS) is 18.5. The molecule has 12 heteroatoms. The highest BCUT2D eigenvalue weighted by atomic mass is 19.4. The maximum Gasteiger partial charge on any atom is 0.434 e. The van der Waals surface area contributed by atoms with Gasteiger partial charge in [0.25, 0.3) is 5.91 Å². The third-order valence-corrected chi connectivity index (χ3v) is 6.88. The molecule has 6 nitrogen and oxygen atoms in total. The van der Waals surface area contributed by atoms with Crippen LogP contribution in [0.1, 0.15) is 41.9 Å². The summed E-state index contributed by atoms with van der Waals surface area (Å²) in [5.74, 6) is -1.69. The van der Waals surface area contributed by atoms with Crippen LogP contribution in [0.5, 0.6) is 0 Å². The number of amides is 1. The maximum atomic E-state index is 13.7. The number of halogens is 6. The molecular formula is C26H23F6N3O3. The molecular weight excluding hydrogens is 516 g/mol. The summed E-state index contributed by atoms with van der Waals surface area (Å²) in [5, 5.41) is 24.4. The second-order valence-corrected chi connectivity index (χ2v) is 9.59. The molecule has 4 rings (SSSR count). The highest BCUT2D eigenvalue weighted by Crippen LogP contribution is 2.41. The van der Waals surface area contributed by atoms with E-state index in [0.29, 0.717) is 11.5 Å². The van der Waals surface area contributed by atoms with Gasteiger partial charge in [-0.2, -0.15) is 31.2 Å². The Morgan fingerprint density at radius 2 is 1.71 bits per heavy atom. The van der Waals surface area contributed by atoms with Crippen molar-refractivity contribution in [2.24, 2.45) is 5.92 Å². The third-order valence-electron chi connectivity index (χ3n) is 6.88. The zero-order valence-corrected chi connectivity index (χ0v) is 20.2. The number of rotatable bonds is 4. The summed E-state index contributed by atoms with van der Waals surface area (Å²) in [6.45, 7) is 2.62. The van der Waals surface area contributed by atoms with Crippen molar-refractivity contribution in [2.75, 3.05) is 6.54 Å². The number of hydrogen-bond acceptors (Lipinski definition) is 4. The van der Waals surface area contributed by atoms with E-state index in [0.717, 1.165) is 29.2 Å². The molecule has 0 spiro atoms. The Hall–Kier alpha value is -3.48. The highest BCUT2D eigenvalue weighted by molar-refractivity contribution is 5.99. The van der Waals surface area contributed by atoms with E-state index < -0.39 is 57.0 Å². The number of benzene rings is 2. The van der Waals surface area contributed by atoms with Crippen molar-refractivity contribution < 1.29 is 36.3 Å². The molecule has 2 aromatic carbocycles. The van der Waals surface area contributed by atoms with Gasteiger partial charge in [-0.1, -0.05) is 30.3 Å². The first kappa shape index (κ1) is 27.6. The zero-order chi connectivity index (χ0) is 28.1. The van der Waals surface area contributed by atoms with Gasteiger partial charge < -0.3 is 10.1 Å². The lowest BCUT2D eigenvalue weighted by atomic mass is 9.82. The van der Waals surface area contributed by atoms with Crippen molar-refractivity contribution >= 4 is 22.5 Å². The van der Waals surface area contributed by atoms with Crippen LogP contribution >= 0.6 is 0 Å². The quantitative estimate of drug-likeness (QED) is 0.222. The first-order valence-corrected chi connectivity index (χ1v) is 11.5. The molecule has 1 aliphatic heterocycles. The third kappa shape index (κ3) is 4.98. The second kappa shape index (κ2) is 9.37. The van der Waals surface area contributed by atoms with Crippen LogP contribution in [0, 0.1) is 11.1 Å². The van der Waals surface area contributed by atoms with Crippen LogP contribution in [-0.2, 0) is 12.4 Å². The number of nitrogens with zero attached hydrogens (tertiary/aromatic N) is 3. The van der Waals surface area contributed by atoms with E-state index in [1.165, 1.54) is 44.3 Å². The van der Waals surface area contributed by atoms with E-state index in [1.807, 2.05) is 0 Å². The minimum atomic E-state index is -4.89. The fourth-order valence-electron chi connectivity index (χ4n) is 4.49. The van der Waals surface area contributed by atoms with E-state index in [2.05, 4.69) is 4.98 Å². The minimum absolute atomic E-state index is 0.0549. The molecule has 2 unspecified atom stereocenters. The van der Waals surface area contributed by atoms with Crippen LogP contribution in [0.15, 0.2) is 66.9 Å². The molecule has 1 amide bonds. The number of hydroxylamine groups is 2. The molecule has 2 heterocycles. The number of alkyl halides is 6. The van der Waals surface area contributed by atoms with Crippen molar-refractivity contribution in [1.82, 2.24) is 14.7 Å². The molecule has 38 heavy (non-hydrogen) atoms. The van der Waals surface area contributed by atoms with Crippen LogP contribution in [0.2, 0.25) is 0 Å². The van der Waals surface area contributed by atoms with Crippen molar-refractivity contribution in [1.29, 1.82) is 0 Å². The molecule has 0 saturated heterocycles. The van der Waals surface area contributed by atoms with Crippen LogP contribution in [0.4, 0.5) is 32.0 Å². The molecule has 1 aliphatic rings. The number of quaternary nitrogens is 1. The minimum Gasteiger partial charge on any atom is -0.593 e. The van der Waals surface area contributed by atoms with E-state index in [9.17, 15) is 41.6 Å². The Bertz CT molecular complexity index is 1400. The molecule has 0 aliphatic carbocycles. The topological polar surface area (TPSA) is 76.5 Å². The van der Waals surface area contributed by atoms with Gasteiger partial charge in [-0.05, 0) is 38.5 Å². The molecule has 0 radical (unpaired) electrons. The summed E-state index contributed by atoms with van der Waals surface area (Å²) in [5.41, 5.74) is -5.13. The molecule has 3 aromatic rings. The standard InChI is InChI=1S/C26H23F6N3O3/c1-24(2,35(37,38)19-8-5-7-18(15-19)25(27,28)29)17-10-12-34(13-11-17)23(36)20-14-16-6-3-4-9-21(16)33-22(20)26(30,31)32/h3-10,12,14-15,17,37H,11,13H2,1-2H3. The fraction of sp³-hybridized carbons (Fsp3) is 0.308. The van der Waals surface area contributed by atoms with E-state index in [-0.39, 0.29) is 18.5 Å². The summed E-state index contributed by atoms with van der Waals surface area (Å²) < 4.78 is 80.6. The maximum absolute atomic E-state index is 13.7. The van der Waals surface area contributed by atoms with Gasteiger partial charge in [0.2, 0.25) is 0 Å². The van der Waals surface area contributed by atoms with Gasteiger partial charge >= 0.3 is 12.4 Å². The Kier molecular flexibility index (Phi) is 6.79. The first-order chi connectivity index (χ1) is 17.5. The number of hydrogen-bond donors (Lipinski definition) is 1. The lowest BCUT2D eigenvalue weighted by Crippen LogP contribution is -2.61. The van der Waals surface area contributed by atoms with Crippen molar-refractivity contribution in [3.63, 3.8) is 0 Å². The van der Waals surface area contributed by atoms with Gasteiger partial charge in [-0.15, -0.1) is 0 Å². The monoisotopic (exact) mass is 539 g/mol. The molecule has 1 N–H and O–H groups in total. The van der Waals surface area contributed by atoms with Gasteiger partial charge in [0, 0.05) is 36.2 Å². The lowest BCUT2D eigenvalue weighted by molar-refractivity contribution is -0.141. The van der Waals surface area contributed by atoms with Crippen molar-refractivity contribution in [3.05, 3.63) is 88.9 Å². The smallest absolute Gasteiger partial charge is 0.434 e. The van der Waals surface area contributed by atoms with Gasteiger partial charge in [-0.25, -0.2) is 10.2 Å². The lowest BCUT2D eigenvalue weighted by Gasteiger charge is -2.50. The number of aromatic nitrogens is 1. The van der Waals surface area contributed by atoms with Crippen molar-refractivity contribution in [3.8, 4) is 0 Å². The fourth-order valence-corrected chi connectivity index (χ4v) is 4.49. The first-order valence-electron chi connectivity index (χ1n) is 11.5. The molecule has 0 saturated carbocycles. The van der Waals surface area contributed by atoms with Crippen LogP contribution in [0.3, 0.4) is 0 Å². The summed E-state index contributed by atoms with van der Waals surface area (Å²) >= 11 is 0. The molecule has 0 bridgehead atoms. The Morgan fingerprint density at radius 3 is 2.32 bits per heavy atom. The number of pyridine rings is 1. The average molecular weight is 539 g/mol. The average Bonchev–Trinajstić information content (AvgIpc) is 2.86. The van der Waals surface area contributed by atoms with Crippen molar-refractivity contribution in [2.45, 2.75) is 38.2 Å². The Balaban J connectivity index is 1.62. The van der Waals surface area contributed by atoms with E-state index in [1.54, 1.807) is 6.07 Å². The van der Waals surface area contributed by atoms with Gasteiger partial charge in [0.15, 0.2) is 11.4 Å². The van der Waals surface area contributed by atoms with E-state index >= 15 is 0 Å². The van der Waals surface area contributed by atoms with Crippen LogP contribution in [-0.4, -0.2) is 33.1 Å². The summed E-state index contributed by atoms with van der Waals surface area (Å²) in [4.78, 5) is 15.7. The second-order valence-electron chi connectivity index (χ2n) is 9.59. The highest BCUT2D eigenvalue weighted by Gasteiger charge is 2.47. The van der Waals surface area contributed by atoms with Gasteiger partial charge in [0.1, 0.15) is 5.54 Å².